The fourth-order valence-corrected chi connectivity index (χ4v) is 10.3. The second kappa shape index (κ2) is 10.2. The van der Waals surface area contributed by atoms with E-state index in [1.54, 1.807) is 14.2 Å². The fourth-order valence-electron chi connectivity index (χ4n) is 10.3. The molecule has 0 amide bonds. The molecule has 0 radical (unpaired) electrons. The maximum Gasteiger partial charge on any atom is 0.190 e. The number of anilines is 1. The molecule has 1 aromatic rings. The molecule has 2 heterocycles. The van der Waals surface area contributed by atoms with Crippen molar-refractivity contribution in [3.05, 3.63) is 41.0 Å². The maximum absolute atomic E-state index is 13.7. The first-order valence-electron chi connectivity index (χ1n) is 15.9. The smallest absolute Gasteiger partial charge is 0.190 e. The van der Waals surface area contributed by atoms with Crippen LogP contribution in [0.2, 0.25) is 0 Å². The Balaban J connectivity index is 1.33. The Bertz CT molecular complexity index is 1200. The van der Waals surface area contributed by atoms with Gasteiger partial charge in [0.25, 0.3) is 0 Å². The molecular formula is C34H47NO6. The van der Waals surface area contributed by atoms with Crippen LogP contribution >= 0.6 is 0 Å². The van der Waals surface area contributed by atoms with Gasteiger partial charge in [-0.15, -0.1) is 0 Å². The van der Waals surface area contributed by atoms with E-state index in [1.165, 1.54) is 35.2 Å². The van der Waals surface area contributed by atoms with E-state index in [9.17, 15) is 9.90 Å². The highest BCUT2D eigenvalue weighted by molar-refractivity contribution is 5.90. The number of ether oxygens (including phenoxy) is 4. The van der Waals surface area contributed by atoms with Crippen LogP contribution < -0.4 is 4.90 Å². The summed E-state index contributed by atoms with van der Waals surface area (Å²) in [5.41, 5.74) is 3.16. The van der Waals surface area contributed by atoms with Crippen LogP contribution in [-0.4, -0.2) is 75.0 Å². The molecule has 7 heteroatoms. The van der Waals surface area contributed by atoms with E-state index in [4.69, 9.17) is 18.9 Å². The van der Waals surface area contributed by atoms with Crippen LogP contribution in [0.5, 0.6) is 0 Å². The summed E-state index contributed by atoms with van der Waals surface area (Å²) in [5.74, 6) is 0.184. The van der Waals surface area contributed by atoms with Gasteiger partial charge in [-0.25, -0.2) is 0 Å². The van der Waals surface area contributed by atoms with Crippen LogP contribution in [-0.2, 0) is 23.7 Å². The highest BCUT2D eigenvalue weighted by atomic mass is 16.7. The summed E-state index contributed by atoms with van der Waals surface area (Å²) in [6.45, 7) is 5.84. The number of ketones is 1. The minimum absolute atomic E-state index is 0.0641. The number of fused-ring (bicyclic) bond motifs is 4. The largest absolute Gasteiger partial charge is 0.385 e. The third-order valence-electron chi connectivity index (χ3n) is 12.2. The molecule has 2 aliphatic heterocycles. The Morgan fingerprint density at radius 3 is 2.46 bits per heavy atom. The van der Waals surface area contributed by atoms with Crippen LogP contribution in [0.1, 0.15) is 82.6 Å². The van der Waals surface area contributed by atoms with Gasteiger partial charge in [0.1, 0.15) is 12.2 Å². The average Bonchev–Trinajstić information content (AvgIpc) is 3.72. The number of hydrogen-bond donors (Lipinski definition) is 1. The van der Waals surface area contributed by atoms with Gasteiger partial charge in [-0.2, -0.15) is 0 Å². The zero-order chi connectivity index (χ0) is 28.5. The summed E-state index contributed by atoms with van der Waals surface area (Å²) in [6.07, 6.45) is 8.74. The predicted octanol–water partition coefficient (Wildman–Crippen LogP) is 5.16. The first-order valence-corrected chi connectivity index (χ1v) is 15.9. The number of carbonyl (C=O) groups excluding carboxylic acids is 1. The van der Waals surface area contributed by atoms with Gasteiger partial charge < -0.3 is 29.0 Å². The normalized spacial score (nSPS) is 39.6. The van der Waals surface area contributed by atoms with E-state index in [1.807, 2.05) is 0 Å². The highest BCUT2D eigenvalue weighted by Gasteiger charge is 2.67. The van der Waals surface area contributed by atoms with Gasteiger partial charge in [0.05, 0.1) is 18.8 Å². The summed E-state index contributed by atoms with van der Waals surface area (Å²) in [4.78, 5) is 16.2. The lowest BCUT2D eigenvalue weighted by molar-refractivity contribution is -0.208. The van der Waals surface area contributed by atoms with Crippen LogP contribution in [0.25, 0.3) is 0 Å². The average molecular weight is 566 g/mol. The summed E-state index contributed by atoms with van der Waals surface area (Å²) in [5, 5.41) is 12.3. The van der Waals surface area contributed by atoms with Gasteiger partial charge >= 0.3 is 0 Å². The van der Waals surface area contributed by atoms with E-state index >= 15 is 0 Å². The van der Waals surface area contributed by atoms with Crippen molar-refractivity contribution in [3.63, 3.8) is 0 Å². The van der Waals surface area contributed by atoms with E-state index in [-0.39, 0.29) is 23.7 Å². The molecule has 6 aliphatic rings. The molecule has 6 atom stereocenters. The van der Waals surface area contributed by atoms with Crippen molar-refractivity contribution in [2.45, 2.75) is 94.0 Å². The van der Waals surface area contributed by atoms with Crippen molar-refractivity contribution < 1.29 is 28.8 Å². The summed E-state index contributed by atoms with van der Waals surface area (Å²) in [6, 6.07) is 9.20. The standard InChI is InChI=1S/C34H47NO6/c1-31-20-26(23-6-8-24(9-7-23)35-16-4-5-17-35)30-25(27(31)12-15-34(31,39-3)29(36)21-38-2)10-13-32(37)22-33(14-11-28(30)32)40-18-19-41-33/h6-9,25-27,37H,4-5,10-22H2,1-3H3/t25-,26+,27-,31-,32+,34-/m0/s1. The van der Waals surface area contributed by atoms with Crippen molar-refractivity contribution >= 4 is 11.5 Å². The molecule has 0 aromatic heterocycles. The summed E-state index contributed by atoms with van der Waals surface area (Å²) >= 11 is 0. The number of benzene rings is 1. The van der Waals surface area contributed by atoms with Crippen molar-refractivity contribution in [2.75, 3.05) is 52.0 Å². The van der Waals surface area contributed by atoms with Gasteiger partial charge in [-0.3, -0.25) is 4.79 Å². The summed E-state index contributed by atoms with van der Waals surface area (Å²) in [7, 11) is 3.32. The maximum atomic E-state index is 13.7. The number of carbonyl (C=O) groups is 1. The molecule has 1 spiro atoms. The third-order valence-corrected chi connectivity index (χ3v) is 12.2. The third kappa shape index (κ3) is 4.13. The number of methoxy groups -OCH3 is 2. The van der Waals surface area contributed by atoms with E-state index in [0.29, 0.717) is 37.9 Å². The highest BCUT2D eigenvalue weighted by Crippen LogP contribution is 2.68. The van der Waals surface area contributed by atoms with Crippen molar-refractivity contribution in [2.24, 2.45) is 17.3 Å². The molecule has 2 saturated heterocycles. The molecule has 3 saturated carbocycles. The Morgan fingerprint density at radius 2 is 1.78 bits per heavy atom. The minimum Gasteiger partial charge on any atom is -0.385 e. The first-order chi connectivity index (χ1) is 19.8. The zero-order valence-corrected chi connectivity index (χ0v) is 25.1. The molecule has 224 valence electrons. The Kier molecular flexibility index (Phi) is 6.94. The molecule has 0 unspecified atom stereocenters. The lowest BCUT2D eigenvalue weighted by atomic mass is 9.49. The van der Waals surface area contributed by atoms with Gasteiger partial charge in [0, 0.05) is 57.2 Å². The number of Topliss-reactive ketones (excluding diaryl/α,β-unsaturated/α-hetero) is 1. The molecule has 41 heavy (non-hydrogen) atoms. The molecule has 5 fully saturated rings. The van der Waals surface area contributed by atoms with Crippen molar-refractivity contribution in [3.8, 4) is 0 Å². The Hall–Kier alpha value is -1.77. The van der Waals surface area contributed by atoms with Gasteiger partial charge in [0.15, 0.2) is 11.6 Å². The molecular weight excluding hydrogens is 518 g/mol. The molecule has 1 aromatic carbocycles. The minimum atomic E-state index is -0.904. The SMILES string of the molecule is COCC(=O)[C@@]1(OC)CC[C@H]2[C@@H]3CC[C@@]4(O)CC5(CCC4=C3[C@@H](c3ccc(N4CCCC4)cc3)C[C@@]21C)OCCO5. The van der Waals surface area contributed by atoms with Crippen molar-refractivity contribution in [1.29, 1.82) is 0 Å². The van der Waals surface area contributed by atoms with Gasteiger partial charge in [0.2, 0.25) is 0 Å². The second-order valence-electron chi connectivity index (χ2n) is 13.9. The molecule has 4 aliphatic carbocycles. The van der Waals surface area contributed by atoms with Crippen LogP contribution in [0.15, 0.2) is 35.4 Å². The molecule has 7 nitrogen and oxygen atoms in total. The van der Waals surface area contributed by atoms with Crippen LogP contribution in [0.3, 0.4) is 0 Å². The van der Waals surface area contributed by atoms with E-state index < -0.39 is 17.0 Å². The summed E-state index contributed by atoms with van der Waals surface area (Å²) < 4.78 is 23.9. The van der Waals surface area contributed by atoms with Gasteiger partial charge in [-0.1, -0.05) is 24.6 Å². The molecule has 0 bridgehead atoms. The second-order valence-corrected chi connectivity index (χ2v) is 13.9. The Morgan fingerprint density at radius 1 is 1.05 bits per heavy atom. The lowest BCUT2D eigenvalue weighted by Gasteiger charge is -2.58. The first kappa shape index (κ1) is 28.0. The molecule has 1 N–H and O–H groups in total. The van der Waals surface area contributed by atoms with Crippen LogP contribution in [0, 0.1) is 17.3 Å². The van der Waals surface area contributed by atoms with E-state index in [0.717, 1.165) is 51.6 Å². The van der Waals surface area contributed by atoms with Crippen LogP contribution in [0.4, 0.5) is 5.69 Å². The Labute approximate surface area is 244 Å². The predicted molar refractivity (Wildman–Crippen MR) is 156 cm³/mol. The number of allylic oxidation sites excluding steroid dienone is 1. The van der Waals surface area contributed by atoms with Crippen molar-refractivity contribution in [1.82, 2.24) is 0 Å². The number of nitrogens with zero attached hydrogens (tertiary/aromatic N) is 1. The van der Waals surface area contributed by atoms with Gasteiger partial charge in [-0.05, 0) is 86.5 Å². The molecule has 7 rings (SSSR count). The number of hydrogen-bond acceptors (Lipinski definition) is 7. The van der Waals surface area contributed by atoms with E-state index in [2.05, 4.69) is 36.1 Å². The monoisotopic (exact) mass is 565 g/mol. The zero-order valence-electron chi connectivity index (χ0n) is 25.1. The number of aliphatic hydroxyl groups is 1. The topological polar surface area (TPSA) is 77.5 Å². The quantitative estimate of drug-likeness (QED) is 0.478. The lowest BCUT2D eigenvalue weighted by Crippen LogP contribution is -2.59. The fraction of sp³-hybridized carbons (Fsp3) is 0.735. The number of rotatable bonds is 6.